The summed E-state index contributed by atoms with van der Waals surface area (Å²) in [4.78, 5) is 11.8. The first-order valence-corrected chi connectivity index (χ1v) is 8.20. The number of methoxy groups -OCH3 is 2. The van der Waals surface area contributed by atoms with Crippen LogP contribution in [0, 0.1) is 0 Å². The molecule has 1 aliphatic rings. The third-order valence-corrected chi connectivity index (χ3v) is 4.36. The highest BCUT2D eigenvalue weighted by atomic mass is 35.5. The molecule has 0 bridgehead atoms. The molecule has 1 aromatic rings. The van der Waals surface area contributed by atoms with Crippen molar-refractivity contribution >= 4 is 30.1 Å². The van der Waals surface area contributed by atoms with Gasteiger partial charge in [-0.1, -0.05) is 6.07 Å². The first-order valence-electron chi connectivity index (χ1n) is 7.04. The minimum atomic E-state index is -0.0314. The first kappa shape index (κ1) is 18.9. The molecule has 1 fully saturated rings. The number of ether oxygens (including phenoxy) is 2. The van der Waals surface area contributed by atoms with Crippen LogP contribution < -0.4 is 20.1 Å². The third-order valence-electron chi connectivity index (χ3n) is 3.42. The lowest BCUT2D eigenvalue weighted by Gasteiger charge is -2.11. The highest BCUT2D eigenvalue weighted by molar-refractivity contribution is 7.99. The van der Waals surface area contributed by atoms with E-state index in [1.54, 1.807) is 26.0 Å². The second-order valence-corrected chi connectivity index (χ2v) is 5.89. The molecule has 0 saturated carbocycles. The van der Waals surface area contributed by atoms with Crippen LogP contribution >= 0.6 is 24.2 Å². The van der Waals surface area contributed by atoms with E-state index in [0.717, 1.165) is 36.0 Å². The minimum absolute atomic E-state index is 0. The van der Waals surface area contributed by atoms with Crippen molar-refractivity contribution < 1.29 is 14.3 Å². The maximum atomic E-state index is 11.8. The van der Waals surface area contributed by atoms with E-state index in [9.17, 15) is 4.79 Å². The van der Waals surface area contributed by atoms with Crippen molar-refractivity contribution in [1.29, 1.82) is 0 Å². The fourth-order valence-electron chi connectivity index (χ4n) is 2.23. The summed E-state index contributed by atoms with van der Waals surface area (Å²) < 4.78 is 10.5. The number of benzene rings is 1. The van der Waals surface area contributed by atoms with Gasteiger partial charge in [0.05, 0.1) is 20.3 Å². The number of rotatable bonds is 7. The molecule has 1 amide bonds. The van der Waals surface area contributed by atoms with Gasteiger partial charge in [0.15, 0.2) is 11.5 Å². The quantitative estimate of drug-likeness (QED) is 0.738. The molecule has 2 rings (SSSR count). The van der Waals surface area contributed by atoms with Crippen molar-refractivity contribution in [1.82, 2.24) is 10.6 Å². The SMILES string of the molecule is COc1ccc(CCCNC(=O)C2CSCN2)cc1OC.Cl. The number of aryl methyl sites for hydroxylation is 1. The summed E-state index contributed by atoms with van der Waals surface area (Å²) in [5, 5.41) is 6.14. The predicted molar refractivity (Wildman–Crippen MR) is 92.4 cm³/mol. The summed E-state index contributed by atoms with van der Waals surface area (Å²) in [7, 11) is 3.26. The molecule has 2 N–H and O–H groups in total. The number of nitrogens with one attached hydrogen (secondary N) is 2. The smallest absolute Gasteiger partial charge is 0.238 e. The molecule has 1 saturated heterocycles. The Labute approximate surface area is 141 Å². The lowest BCUT2D eigenvalue weighted by atomic mass is 10.1. The van der Waals surface area contributed by atoms with Crippen molar-refractivity contribution in [2.45, 2.75) is 18.9 Å². The summed E-state index contributed by atoms with van der Waals surface area (Å²) in [6.07, 6.45) is 1.80. The molecule has 1 heterocycles. The Morgan fingerprint density at radius 1 is 1.36 bits per heavy atom. The van der Waals surface area contributed by atoms with Gasteiger partial charge in [-0.05, 0) is 30.5 Å². The number of thioether (sulfide) groups is 1. The van der Waals surface area contributed by atoms with Gasteiger partial charge in [0.1, 0.15) is 0 Å². The number of hydrogen-bond donors (Lipinski definition) is 2. The molecule has 22 heavy (non-hydrogen) atoms. The summed E-state index contributed by atoms with van der Waals surface area (Å²) in [6, 6.07) is 5.89. The second kappa shape index (κ2) is 9.82. The number of amides is 1. The van der Waals surface area contributed by atoms with Crippen LogP contribution in [0.1, 0.15) is 12.0 Å². The van der Waals surface area contributed by atoms with Crippen molar-refractivity contribution in [3.8, 4) is 11.5 Å². The maximum Gasteiger partial charge on any atom is 0.238 e. The normalized spacial score (nSPS) is 16.7. The largest absolute Gasteiger partial charge is 0.493 e. The molecular formula is C15H23ClN2O3S. The van der Waals surface area contributed by atoms with Crippen LogP contribution in [0.25, 0.3) is 0 Å². The zero-order chi connectivity index (χ0) is 15.1. The summed E-state index contributed by atoms with van der Waals surface area (Å²) >= 11 is 1.76. The minimum Gasteiger partial charge on any atom is -0.493 e. The Morgan fingerprint density at radius 3 is 2.77 bits per heavy atom. The van der Waals surface area contributed by atoms with Crippen LogP contribution in [0.5, 0.6) is 11.5 Å². The van der Waals surface area contributed by atoms with Crippen LogP contribution in [-0.2, 0) is 11.2 Å². The zero-order valence-electron chi connectivity index (χ0n) is 12.9. The highest BCUT2D eigenvalue weighted by Gasteiger charge is 2.21. The molecule has 124 valence electrons. The van der Waals surface area contributed by atoms with Gasteiger partial charge in [0.2, 0.25) is 5.91 Å². The Kier molecular flexibility index (Phi) is 8.45. The monoisotopic (exact) mass is 346 g/mol. The molecule has 0 radical (unpaired) electrons. The standard InChI is InChI=1S/C15H22N2O3S.ClH/c1-19-13-6-5-11(8-14(13)20-2)4-3-7-16-15(18)12-9-21-10-17-12;/h5-6,8,12,17H,3-4,7,9-10H2,1-2H3,(H,16,18);1H. The van der Waals surface area contributed by atoms with Gasteiger partial charge < -0.3 is 14.8 Å². The fraction of sp³-hybridized carbons (Fsp3) is 0.533. The summed E-state index contributed by atoms with van der Waals surface area (Å²) in [5.41, 5.74) is 1.18. The van der Waals surface area contributed by atoms with E-state index in [-0.39, 0.29) is 24.4 Å². The zero-order valence-corrected chi connectivity index (χ0v) is 14.5. The molecule has 0 spiro atoms. The third kappa shape index (κ3) is 5.26. The molecule has 1 aliphatic heterocycles. The van der Waals surface area contributed by atoms with E-state index in [2.05, 4.69) is 10.6 Å². The lowest BCUT2D eigenvalue weighted by molar-refractivity contribution is -0.122. The van der Waals surface area contributed by atoms with Gasteiger partial charge in [-0.3, -0.25) is 10.1 Å². The average Bonchev–Trinajstić information content (AvgIpc) is 3.05. The van der Waals surface area contributed by atoms with Gasteiger partial charge in [-0.2, -0.15) is 0 Å². The molecule has 1 atom stereocenters. The maximum absolute atomic E-state index is 11.8. The van der Waals surface area contributed by atoms with E-state index < -0.39 is 0 Å². The number of hydrogen-bond acceptors (Lipinski definition) is 5. The van der Waals surface area contributed by atoms with E-state index in [1.165, 1.54) is 5.56 Å². The lowest BCUT2D eigenvalue weighted by Crippen LogP contribution is -2.42. The van der Waals surface area contributed by atoms with Crippen LogP contribution in [0.2, 0.25) is 0 Å². The highest BCUT2D eigenvalue weighted by Crippen LogP contribution is 2.27. The molecule has 1 aromatic carbocycles. The number of halogens is 1. The van der Waals surface area contributed by atoms with E-state index in [4.69, 9.17) is 9.47 Å². The van der Waals surface area contributed by atoms with Crippen molar-refractivity contribution in [3.63, 3.8) is 0 Å². The Hall–Kier alpha value is -1.11. The molecule has 7 heteroatoms. The number of carbonyl (C=O) groups excluding carboxylic acids is 1. The van der Waals surface area contributed by atoms with E-state index in [1.807, 2.05) is 18.2 Å². The van der Waals surface area contributed by atoms with Gasteiger partial charge in [0.25, 0.3) is 0 Å². The second-order valence-electron chi connectivity index (χ2n) is 4.86. The van der Waals surface area contributed by atoms with Gasteiger partial charge >= 0.3 is 0 Å². The summed E-state index contributed by atoms with van der Waals surface area (Å²) in [6.45, 7) is 0.691. The molecule has 5 nitrogen and oxygen atoms in total. The molecule has 0 aromatic heterocycles. The van der Waals surface area contributed by atoms with Gasteiger partial charge in [-0.15, -0.1) is 24.2 Å². The van der Waals surface area contributed by atoms with Crippen molar-refractivity contribution in [3.05, 3.63) is 23.8 Å². The topological polar surface area (TPSA) is 59.6 Å². The van der Waals surface area contributed by atoms with E-state index in [0.29, 0.717) is 6.54 Å². The fourth-order valence-corrected chi connectivity index (χ4v) is 3.17. The first-order chi connectivity index (χ1) is 10.2. The Bertz CT molecular complexity index is 482. The van der Waals surface area contributed by atoms with Crippen LogP contribution in [0.3, 0.4) is 0 Å². The molecule has 1 unspecified atom stereocenters. The van der Waals surface area contributed by atoms with Crippen LogP contribution in [0.15, 0.2) is 18.2 Å². The van der Waals surface area contributed by atoms with Crippen LogP contribution in [-0.4, -0.2) is 44.3 Å². The molecular weight excluding hydrogens is 324 g/mol. The Morgan fingerprint density at radius 2 is 2.14 bits per heavy atom. The van der Waals surface area contributed by atoms with Crippen molar-refractivity contribution in [2.24, 2.45) is 0 Å². The Balaban J connectivity index is 0.00000242. The van der Waals surface area contributed by atoms with Crippen molar-refractivity contribution in [2.75, 3.05) is 32.4 Å². The van der Waals surface area contributed by atoms with Gasteiger partial charge in [-0.25, -0.2) is 0 Å². The summed E-state index contributed by atoms with van der Waals surface area (Å²) in [5.74, 6) is 3.31. The van der Waals surface area contributed by atoms with Gasteiger partial charge in [0, 0.05) is 18.2 Å². The predicted octanol–water partition coefficient (Wildman–Crippen LogP) is 1.84. The number of carbonyl (C=O) groups is 1. The molecule has 0 aliphatic carbocycles. The van der Waals surface area contributed by atoms with E-state index >= 15 is 0 Å². The van der Waals surface area contributed by atoms with Crippen LogP contribution in [0.4, 0.5) is 0 Å². The average molecular weight is 347 g/mol.